The van der Waals surface area contributed by atoms with Crippen LogP contribution in [0.4, 0.5) is 5.69 Å². The Labute approximate surface area is 147 Å². The van der Waals surface area contributed by atoms with E-state index in [4.69, 9.17) is 9.47 Å². The molecular weight excluding hydrogens is 334 g/mol. The van der Waals surface area contributed by atoms with E-state index in [-0.39, 0.29) is 30.3 Å². The average molecular weight is 358 g/mol. The second kappa shape index (κ2) is 10.9. The van der Waals surface area contributed by atoms with Crippen LogP contribution in [0.5, 0.6) is 5.75 Å². The van der Waals surface area contributed by atoms with Crippen LogP contribution in [0.15, 0.2) is 24.3 Å². The number of hydrogen-bond donors (Lipinski definition) is 3. The van der Waals surface area contributed by atoms with Crippen molar-refractivity contribution in [1.29, 1.82) is 0 Å². The van der Waals surface area contributed by atoms with Gasteiger partial charge in [-0.1, -0.05) is 0 Å². The molecule has 1 atom stereocenters. The molecule has 1 unspecified atom stereocenters. The molecule has 3 N–H and O–H groups in total. The summed E-state index contributed by atoms with van der Waals surface area (Å²) in [6, 6.07) is 7.15. The number of ether oxygens (including phenoxy) is 2. The van der Waals surface area contributed by atoms with Gasteiger partial charge in [-0.25, -0.2) is 0 Å². The molecule has 1 saturated heterocycles. The predicted octanol–water partition coefficient (Wildman–Crippen LogP) is 0.940. The lowest BCUT2D eigenvalue weighted by Crippen LogP contribution is -2.43. The van der Waals surface area contributed by atoms with Gasteiger partial charge in [0.25, 0.3) is 0 Å². The summed E-state index contributed by atoms with van der Waals surface area (Å²) in [6.07, 6.45) is 0.690. The summed E-state index contributed by atoms with van der Waals surface area (Å²) in [4.78, 5) is 23.1. The Bertz CT molecular complexity index is 519. The van der Waals surface area contributed by atoms with Crippen molar-refractivity contribution in [3.8, 4) is 5.75 Å². The highest BCUT2D eigenvalue weighted by molar-refractivity contribution is 5.91. The van der Waals surface area contributed by atoms with E-state index in [9.17, 15) is 9.59 Å². The maximum absolute atomic E-state index is 12.0. The summed E-state index contributed by atoms with van der Waals surface area (Å²) in [5, 5.41) is 8.62. The summed E-state index contributed by atoms with van der Waals surface area (Å²) < 4.78 is 10.8. The van der Waals surface area contributed by atoms with Crippen LogP contribution < -0.4 is 20.7 Å². The lowest BCUT2D eigenvalue weighted by Gasteiger charge is -2.23. The summed E-state index contributed by atoms with van der Waals surface area (Å²) in [5.41, 5.74) is 0.713. The lowest BCUT2D eigenvalue weighted by atomic mass is 10.2. The van der Waals surface area contributed by atoms with Crippen LogP contribution in [0.2, 0.25) is 0 Å². The second-order valence-electron chi connectivity index (χ2n) is 5.27. The summed E-state index contributed by atoms with van der Waals surface area (Å²) >= 11 is 0. The molecule has 8 heteroatoms. The van der Waals surface area contributed by atoms with Gasteiger partial charge >= 0.3 is 0 Å². The van der Waals surface area contributed by atoms with Crippen LogP contribution in [0.25, 0.3) is 0 Å². The third-order valence-electron chi connectivity index (χ3n) is 3.45. The summed E-state index contributed by atoms with van der Waals surface area (Å²) in [5.74, 6) is 0.546. The van der Waals surface area contributed by atoms with Gasteiger partial charge in [-0.05, 0) is 24.3 Å². The summed E-state index contributed by atoms with van der Waals surface area (Å²) in [7, 11) is 1.59. The number of nitrogens with one attached hydrogen (secondary N) is 3. The van der Waals surface area contributed by atoms with Crippen LogP contribution in [0.3, 0.4) is 0 Å². The highest BCUT2D eigenvalue weighted by atomic mass is 35.5. The van der Waals surface area contributed by atoms with Crippen LogP contribution >= 0.6 is 12.4 Å². The topological polar surface area (TPSA) is 88.7 Å². The van der Waals surface area contributed by atoms with Crippen LogP contribution in [0, 0.1) is 0 Å². The molecule has 134 valence electrons. The molecule has 0 bridgehead atoms. The van der Waals surface area contributed by atoms with Gasteiger partial charge in [0.1, 0.15) is 5.75 Å². The number of rotatable bonds is 7. The van der Waals surface area contributed by atoms with Crippen molar-refractivity contribution in [3.63, 3.8) is 0 Å². The smallest absolute Gasteiger partial charge is 0.226 e. The van der Waals surface area contributed by atoms with Gasteiger partial charge in [0, 0.05) is 31.7 Å². The highest BCUT2D eigenvalue weighted by Crippen LogP contribution is 2.16. The van der Waals surface area contributed by atoms with E-state index >= 15 is 0 Å². The fourth-order valence-corrected chi connectivity index (χ4v) is 2.21. The minimum Gasteiger partial charge on any atom is -0.493 e. The second-order valence-corrected chi connectivity index (χ2v) is 5.27. The minimum absolute atomic E-state index is 0. The van der Waals surface area contributed by atoms with Gasteiger partial charge in [0.15, 0.2) is 0 Å². The Morgan fingerprint density at radius 1 is 1.29 bits per heavy atom. The molecule has 0 saturated carbocycles. The maximum atomic E-state index is 12.0. The number of carbonyl (C=O) groups excluding carboxylic acids is 2. The molecule has 1 aromatic rings. The zero-order valence-corrected chi connectivity index (χ0v) is 14.5. The molecule has 1 fully saturated rings. The first kappa shape index (κ1) is 20.2. The molecule has 2 rings (SSSR count). The van der Waals surface area contributed by atoms with E-state index in [1.807, 2.05) is 0 Å². The van der Waals surface area contributed by atoms with Crippen LogP contribution in [-0.4, -0.2) is 51.3 Å². The van der Waals surface area contributed by atoms with Crippen molar-refractivity contribution in [2.45, 2.75) is 18.9 Å². The molecule has 1 aliphatic rings. The number of carbonyl (C=O) groups is 2. The molecule has 0 aliphatic carbocycles. The van der Waals surface area contributed by atoms with Crippen molar-refractivity contribution < 1.29 is 19.1 Å². The molecule has 24 heavy (non-hydrogen) atoms. The number of morpholine rings is 1. The Hall–Kier alpha value is -1.83. The van der Waals surface area contributed by atoms with Gasteiger partial charge < -0.3 is 25.4 Å². The number of benzene rings is 1. The van der Waals surface area contributed by atoms with Gasteiger partial charge in [-0.3, -0.25) is 9.59 Å². The van der Waals surface area contributed by atoms with Gasteiger partial charge in [-0.15, -0.1) is 12.4 Å². The van der Waals surface area contributed by atoms with E-state index < -0.39 is 0 Å². The average Bonchev–Trinajstić information content (AvgIpc) is 2.57. The number of halogens is 1. The first-order valence-electron chi connectivity index (χ1n) is 7.72. The first-order valence-corrected chi connectivity index (χ1v) is 7.72. The molecule has 1 heterocycles. The Morgan fingerprint density at radius 3 is 2.67 bits per heavy atom. The minimum atomic E-state index is -0.0609. The molecule has 0 radical (unpaired) electrons. The standard InChI is InChI=1S/C16H23N3O4.ClH/c1-17-15(20)6-8-23-14-4-2-12(3-5-14)19-16(21)10-13-11-22-9-7-18-13;/h2-5,13,18H,6-11H2,1H3,(H,17,20)(H,19,21);1H. The van der Waals surface area contributed by atoms with Crippen molar-refractivity contribution in [3.05, 3.63) is 24.3 Å². The Balaban J connectivity index is 0.00000288. The van der Waals surface area contributed by atoms with Crippen molar-refractivity contribution in [1.82, 2.24) is 10.6 Å². The van der Waals surface area contributed by atoms with E-state index in [2.05, 4.69) is 16.0 Å². The molecule has 7 nitrogen and oxygen atoms in total. The van der Waals surface area contributed by atoms with Crippen molar-refractivity contribution in [2.75, 3.05) is 38.7 Å². The zero-order valence-electron chi connectivity index (χ0n) is 13.7. The van der Waals surface area contributed by atoms with Crippen molar-refractivity contribution >= 4 is 29.9 Å². The summed E-state index contributed by atoms with van der Waals surface area (Å²) in [6.45, 7) is 2.35. The normalized spacial score (nSPS) is 16.6. The molecule has 0 aromatic heterocycles. The number of hydrogen-bond acceptors (Lipinski definition) is 5. The maximum Gasteiger partial charge on any atom is 0.226 e. The monoisotopic (exact) mass is 357 g/mol. The number of anilines is 1. The van der Waals surface area contributed by atoms with Gasteiger partial charge in [0.2, 0.25) is 11.8 Å². The zero-order chi connectivity index (χ0) is 16.5. The van der Waals surface area contributed by atoms with E-state index in [1.54, 1.807) is 31.3 Å². The lowest BCUT2D eigenvalue weighted by molar-refractivity contribution is -0.121. The fourth-order valence-electron chi connectivity index (χ4n) is 2.21. The van der Waals surface area contributed by atoms with Crippen LogP contribution in [0.1, 0.15) is 12.8 Å². The SMILES string of the molecule is CNC(=O)CCOc1ccc(NC(=O)CC2COCCN2)cc1.Cl. The Morgan fingerprint density at radius 2 is 2.04 bits per heavy atom. The van der Waals surface area contributed by atoms with Crippen molar-refractivity contribution in [2.24, 2.45) is 0 Å². The first-order chi connectivity index (χ1) is 11.2. The number of amides is 2. The third kappa shape index (κ3) is 7.16. The van der Waals surface area contributed by atoms with Crippen LogP contribution in [-0.2, 0) is 14.3 Å². The van der Waals surface area contributed by atoms with E-state index in [0.717, 1.165) is 6.54 Å². The Kier molecular flexibility index (Phi) is 9.14. The molecule has 0 spiro atoms. The molecule has 1 aliphatic heterocycles. The predicted molar refractivity (Wildman–Crippen MR) is 93.7 cm³/mol. The molecule has 1 aromatic carbocycles. The fraction of sp³-hybridized carbons (Fsp3) is 0.500. The van der Waals surface area contributed by atoms with E-state index in [1.165, 1.54) is 0 Å². The van der Waals surface area contributed by atoms with Gasteiger partial charge in [0.05, 0.1) is 26.2 Å². The third-order valence-corrected chi connectivity index (χ3v) is 3.45. The highest BCUT2D eigenvalue weighted by Gasteiger charge is 2.16. The van der Waals surface area contributed by atoms with E-state index in [0.29, 0.717) is 44.1 Å². The molecular formula is C16H24ClN3O4. The quantitative estimate of drug-likeness (QED) is 0.676. The largest absolute Gasteiger partial charge is 0.493 e. The molecule has 2 amide bonds. The van der Waals surface area contributed by atoms with Gasteiger partial charge in [-0.2, -0.15) is 0 Å².